The zero-order chi connectivity index (χ0) is 21.5. The molecule has 0 radical (unpaired) electrons. The number of aryl methyl sites for hydroxylation is 1. The van der Waals surface area contributed by atoms with Crippen molar-refractivity contribution in [3.05, 3.63) is 64.7 Å². The van der Waals surface area contributed by atoms with Crippen LogP contribution in [0.15, 0.2) is 48.5 Å². The van der Waals surface area contributed by atoms with Crippen LogP contribution in [0.4, 0.5) is 0 Å². The first-order valence-electron chi connectivity index (χ1n) is 10.5. The molecule has 1 N–H and O–H groups in total. The molecule has 5 nitrogen and oxygen atoms in total. The smallest absolute Gasteiger partial charge is 0.261 e. The summed E-state index contributed by atoms with van der Waals surface area (Å²) in [4.78, 5) is 27.5. The van der Waals surface area contributed by atoms with Crippen LogP contribution in [0.5, 0.6) is 5.75 Å². The summed E-state index contributed by atoms with van der Waals surface area (Å²) in [6.45, 7) is 3.85. The third-order valence-electron chi connectivity index (χ3n) is 5.56. The van der Waals surface area contributed by atoms with Gasteiger partial charge >= 0.3 is 0 Å². The Balaban J connectivity index is 1.72. The number of carbonyl (C=O) groups is 2. The first-order chi connectivity index (χ1) is 14.4. The van der Waals surface area contributed by atoms with E-state index in [9.17, 15) is 9.59 Å². The molecule has 1 saturated carbocycles. The lowest BCUT2D eigenvalue weighted by molar-refractivity contribution is -0.142. The molecule has 2 amide bonds. The normalized spacial score (nSPS) is 14.9. The van der Waals surface area contributed by atoms with Crippen LogP contribution in [0.3, 0.4) is 0 Å². The molecule has 1 atom stereocenters. The highest BCUT2D eigenvalue weighted by Gasteiger charge is 2.28. The maximum absolute atomic E-state index is 13.1. The van der Waals surface area contributed by atoms with Crippen molar-refractivity contribution in [1.29, 1.82) is 0 Å². The van der Waals surface area contributed by atoms with E-state index >= 15 is 0 Å². The van der Waals surface area contributed by atoms with Gasteiger partial charge in [-0.2, -0.15) is 0 Å². The Morgan fingerprint density at radius 1 is 1.17 bits per heavy atom. The second kappa shape index (κ2) is 10.5. The molecule has 0 aliphatic heterocycles. The summed E-state index contributed by atoms with van der Waals surface area (Å²) >= 11 is 6.11. The average molecular weight is 429 g/mol. The second-order valence-electron chi connectivity index (χ2n) is 7.87. The third kappa shape index (κ3) is 5.99. The number of hydrogen-bond acceptors (Lipinski definition) is 3. The summed E-state index contributed by atoms with van der Waals surface area (Å²) in [7, 11) is 0. The minimum Gasteiger partial charge on any atom is -0.484 e. The van der Waals surface area contributed by atoms with Crippen molar-refractivity contribution in [3.8, 4) is 5.75 Å². The molecule has 3 rings (SSSR count). The largest absolute Gasteiger partial charge is 0.484 e. The molecule has 1 fully saturated rings. The Hall–Kier alpha value is -2.53. The van der Waals surface area contributed by atoms with E-state index in [0.29, 0.717) is 10.8 Å². The summed E-state index contributed by atoms with van der Waals surface area (Å²) in [6.07, 6.45) is 4.26. The number of halogens is 1. The van der Waals surface area contributed by atoms with Crippen LogP contribution < -0.4 is 10.1 Å². The fourth-order valence-corrected chi connectivity index (χ4v) is 3.96. The fourth-order valence-electron chi connectivity index (χ4n) is 3.75. The summed E-state index contributed by atoms with van der Waals surface area (Å²) in [6, 6.07) is 14.5. The molecule has 0 aromatic heterocycles. The molecule has 6 heteroatoms. The predicted octanol–water partition coefficient (Wildman–Crippen LogP) is 4.50. The number of ether oxygens (including phenoxy) is 1. The lowest BCUT2D eigenvalue weighted by Crippen LogP contribution is -2.50. The maximum Gasteiger partial charge on any atom is 0.261 e. The Morgan fingerprint density at radius 2 is 1.90 bits per heavy atom. The van der Waals surface area contributed by atoms with Crippen molar-refractivity contribution in [2.45, 2.75) is 58.2 Å². The monoisotopic (exact) mass is 428 g/mol. The topological polar surface area (TPSA) is 58.6 Å². The first kappa shape index (κ1) is 22.2. The van der Waals surface area contributed by atoms with E-state index in [4.69, 9.17) is 16.3 Å². The van der Waals surface area contributed by atoms with E-state index < -0.39 is 6.04 Å². The molecule has 2 aromatic rings. The van der Waals surface area contributed by atoms with Gasteiger partial charge in [-0.15, -0.1) is 0 Å². The van der Waals surface area contributed by atoms with Gasteiger partial charge in [0.1, 0.15) is 11.8 Å². The number of para-hydroxylation sites is 1. The van der Waals surface area contributed by atoms with E-state index in [-0.39, 0.29) is 31.0 Å². The van der Waals surface area contributed by atoms with Gasteiger partial charge in [-0.05, 0) is 56.0 Å². The summed E-state index contributed by atoms with van der Waals surface area (Å²) < 4.78 is 5.76. The van der Waals surface area contributed by atoms with E-state index in [1.807, 2.05) is 49.4 Å². The minimum absolute atomic E-state index is 0.131. The van der Waals surface area contributed by atoms with Crippen LogP contribution in [-0.4, -0.2) is 35.4 Å². The third-order valence-corrected chi connectivity index (χ3v) is 5.79. The van der Waals surface area contributed by atoms with Gasteiger partial charge in [-0.3, -0.25) is 9.59 Å². The zero-order valence-electron chi connectivity index (χ0n) is 17.6. The highest BCUT2D eigenvalue weighted by atomic mass is 35.5. The van der Waals surface area contributed by atoms with Gasteiger partial charge in [0, 0.05) is 17.6 Å². The summed E-state index contributed by atoms with van der Waals surface area (Å²) in [5.41, 5.74) is 1.82. The molecule has 1 aliphatic carbocycles. The highest BCUT2D eigenvalue weighted by Crippen LogP contribution is 2.20. The van der Waals surface area contributed by atoms with Crippen molar-refractivity contribution in [3.63, 3.8) is 0 Å². The minimum atomic E-state index is -0.613. The van der Waals surface area contributed by atoms with Crippen molar-refractivity contribution in [2.24, 2.45) is 0 Å². The Bertz CT molecular complexity index is 880. The van der Waals surface area contributed by atoms with Crippen LogP contribution in [0, 0.1) is 6.92 Å². The van der Waals surface area contributed by atoms with E-state index in [2.05, 4.69) is 5.32 Å². The van der Waals surface area contributed by atoms with Crippen LogP contribution >= 0.6 is 11.6 Å². The van der Waals surface area contributed by atoms with Crippen LogP contribution in [-0.2, 0) is 16.1 Å². The van der Waals surface area contributed by atoms with E-state index in [1.54, 1.807) is 17.9 Å². The van der Waals surface area contributed by atoms with E-state index in [0.717, 1.165) is 36.8 Å². The van der Waals surface area contributed by atoms with Crippen LogP contribution in [0.1, 0.15) is 43.7 Å². The van der Waals surface area contributed by atoms with Crippen molar-refractivity contribution in [2.75, 3.05) is 6.61 Å². The SMILES string of the molecule is Cc1ccccc1OCC(=O)N(Cc1cccc(Cl)c1)[C@H](C)C(=O)NC1CCCC1. The van der Waals surface area contributed by atoms with Crippen molar-refractivity contribution >= 4 is 23.4 Å². The number of benzene rings is 2. The molecule has 0 unspecified atom stereocenters. The lowest BCUT2D eigenvalue weighted by Gasteiger charge is -2.29. The average Bonchev–Trinajstić information content (AvgIpc) is 3.24. The van der Waals surface area contributed by atoms with E-state index in [1.165, 1.54) is 0 Å². The van der Waals surface area contributed by atoms with Crippen molar-refractivity contribution < 1.29 is 14.3 Å². The molecular formula is C24H29ClN2O3. The van der Waals surface area contributed by atoms with Crippen molar-refractivity contribution in [1.82, 2.24) is 10.2 Å². The number of nitrogens with zero attached hydrogens (tertiary/aromatic N) is 1. The maximum atomic E-state index is 13.1. The number of nitrogens with one attached hydrogen (secondary N) is 1. The van der Waals surface area contributed by atoms with Gasteiger partial charge in [-0.1, -0.05) is 54.8 Å². The van der Waals surface area contributed by atoms with Gasteiger partial charge in [-0.25, -0.2) is 0 Å². The van der Waals surface area contributed by atoms with Crippen LogP contribution in [0.25, 0.3) is 0 Å². The Kier molecular flexibility index (Phi) is 7.75. The zero-order valence-corrected chi connectivity index (χ0v) is 18.3. The van der Waals surface area contributed by atoms with Gasteiger partial charge in [0.25, 0.3) is 5.91 Å². The van der Waals surface area contributed by atoms with Gasteiger partial charge < -0.3 is 15.0 Å². The Labute approximate surface area is 183 Å². The number of amides is 2. The summed E-state index contributed by atoms with van der Waals surface area (Å²) in [5, 5.41) is 3.69. The number of carbonyl (C=O) groups excluding carboxylic acids is 2. The standard InChI is InChI=1S/C24H29ClN2O3/c1-17-8-3-6-13-22(17)30-16-23(28)27(15-19-9-7-10-20(25)14-19)18(2)24(29)26-21-11-4-5-12-21/h3,6-10,13-14,18,21H,4-5,11-12,15-16H2,1-2H3,(H,26,29)/t18-/m1/s1. The molecule has 0 heterocycles. The first-order valence-corrected chi connectivity index (χ1v) is 10.8. The quantitative estimate of drug-likeness (QED) is 0.673. The van der Waals surface area contributed by atoms with Gasteiger partial charge in [0.2, 0.25) is 5.91 Å². The number of hydrogen-bond donors (Lipinski definition) is 1. The molecule has 1 aliphatic rings. The van der Waals surface area contributed by atoms with Gasteiger partial charge in [0.15, 0.2) is 6.61 Å². The number of rotatable bonds is 8. The summed E-state index contributed by atoms with van der Waals surface area (Å²) in [5.74, 6) is 0.289. The molecule has 0 saturated heterocycles. The molecule has 160 valence electrons. The second-order valence-corrected chi connectivity index (χ2v) is 8.31. The fraction of sp³-hybridized carbons (Fsp3) is 0.417. The molecule has 30 heavy (non-hydrogen) atoms. The Morgan fingerprint density at radius 3 is 2.60 bits per heavy atom. The molecular weight excluding hydrogens is 400 g/mol. The van der Waals surface area contributed by atoms with Crippen LogP contribution in [0.2, 0.25) is 5.02 Å². The predicted molar refractivity (Wildman–Crippen MR) is 119 cm³/mol. The lowest BCUT2D eigenvalue weighted by atomic mass is 10.1. The van der Waals surface area contributed by atoms with Gasteiger partial charge in [0.05, 0.1) is 0 Å². The molecule has 0 bridgehead atoms. The highest BCUT2D eigenvalue weighted by molar-refractivity contribution is 6.30. The molecule has 0 spiro atoms. The molecule has 2 aromatic carbocycles.